The topological polar surface area (TPSA) is 46.9 Å². The second kappa shape index (κ2) is 5.30. The maximum Gasteiger partial charge on any atom is 0.268 e. The highest BCUT2D eigenvalue weighted by molar-refractivity contribution is 5.37. The highest BCUT2D eigenvalue weighted by Crippen LogP contribution is 2.01. The minimum atomic E-state index is -0.0761. The number of rotatable bonds is 4. The summed E-state index contributed by atoms with van der Waals surface area (Å²) in [5.41, 5.74) is 1.87. The molecule has 0 unspecified atom stereocenters. The molecule has 0 atom stereocenters. The van der Waals surface area contributed by atoms with Crippen LogP contribution in [0.15, 0.2) is 47.4 Å². The number of nitrogens with one attached hydrogen (secondary N) is 1. The molecule has 0 saturated carbocycles. The van der Waals surface area contributed by atoms with E-state index in [1.54, 1.807) is 19.3 Å². The van der Waals surface area contributed by atoms with Crippen LogP contribution in [0.1, 0.15) is 5.56 Å². The molecule has 2 aromatic rings. The Morgan fingerprint density at radius 3 is 2.71 bits per heavy atom. The number of benzene rings is 1. The van der Waals surface area contributed by atoms with Gasteiger partial charge in [-0.1, -0.05) is 30.3 Å². The molecule has 0 bridgehead atoms. The molecule has 0 spiro atoms. The minimum absolute atomic E-state index is 0.0761. The molecule has 1 aromatic heterocycles. The van der Waals surface area contributed by atoms with E-state index in [2.05, 4.69) is 10.4 Å². The number of hydrogen-bond donors (Lipinski definition) is 1. The van der Waals surface area contributed by atoms with E-state index in [1.165, 1.54) is 10.2 Å². The van der Waals surface area contributed by atoms with Gasteiger partial charge in [0.25, 0.3) is 5.56 Å². The molecule has 0 saturated heterocycles. The first-order chi connectivity index (χ1) is 8.29. The summed E-state index contributed by atoms with van der Waals surface area (Å²) in [7, 11) is 1.77. The van der Waals surface area contributed by atoms with Crippen molar-refractivity contribution in [1.29, 1.82) is 0 Å². The maximum atomic E-state index is 11.7. The van der Waals surface area contributed by atoms with Gasteiger partial charge in [0.05, 0.1) is 11.9 Å². The Morgan fingerprint density at radius 2 is 2.06 bits per heavy atom. The van der Waals surface area contributed by atoms with E-state index in [-0.39, 0.29) is 5.56 Å². The van der Waals surface area contributed by atoms with Gasteiger partial charge in [0.15, 0.2) is 0 Å². The zero-order valence-electron chi connectivity index (χ0n) is 9.76. The Kier molecular flexibility index (Phi) is 3.55. The van der Waals surface area contributed by atoms with Crippen molar-refractivity contribution >= 4 is 5.69 Å². The molecule has 88 valence electrons. The monoisotopic (exact) mass is 229 g/mol. The fraction of sp³-hybridized carbons (Fsp3) is 0.231. The minimum Gasteiger partial charge on any atom is -0.387 e. The molecule has 0 aliphatic rings. The van der Waals surface area contributed by atoms with Gasteiger partial charge in [-0.2, -0.15) is 5.10 Å². The van der Waals surface area contributed by atoms with Crippen LogP contribution in [0.5, 0.6) is 0 Å². The smallest absolute Gasteiger partial charge is 0.268 e. The van der Waals surface area contributed by atoms with Crippen molar-refractivity contribution in [3.05, 3.63) is 58.5 Å². The van der Waals surface area contributed by atoms with Gasteiger partial charge in [0.1, 0.15) is 0 Å². The van der Waals surface area contributed by atoms with Gasteiger partial charge in [0, 0.05) is 19.7 Å². The van der Waals surface area contributed by atoms with Crippen molar-refractivity contribution < 1.29 is 0 Å². The molecular weight excluding hydrogens is 214 g/mol. The normalized spacial score (nSPS) is 10.2. The molecule has 0 amide bonds. The summed E-state index contributed by atoms with van der Waals surface area (Å²) in [6.45, 7) is 0.604. The number of anilines is 1. The predicted octanol–water partition coefficient (Wildman–Crippen LogP) is 1.53. The molecular formula is C13H15N3O. The number of aromatic nitrogens is 2. The maximum absolute atomic E-state index is 11.7. The number of aryl methyl sites for hydroxylation is 2. The molecule has 0 fully saturated rings. The Bertz CT molecular complexity index is 534. The summed E-state index contributed by atoms with van der Waals surface area (Å²) in [6.07, 6.45) is 2.47. The van der Waals surface area contributed by atoms with Crippen molar-refractivity contribution in [1.82, 2.24) is 9.78 Å². The first kappa shape index (κ1) is 11.4. The molecule has 0 aliphatic heterocycles. The van der Waals surface area contributed by atoms with E-state index < -0.39 is 0 Å². The van der Waals surface area contributed by atoms with E-state index in [1.807, 2.05) is 30.3 Å². The van der Waals surface area contributed by atoms with Crippen LogP contribution >= 0.6 is 0 Å². The highest BCUT2D eigenvalue weighted by atomic mass is 16.1. The summed E-state index contributed by atoms with van der Waals surface area (Å²) in [6, 6.07) is 11.6. The first-order valence-corrected chi connectivity index (χ1v) is 5.58. The lowest BCUT2D eigenvalue weighted by Crippen LogP contribution is -2.23. The second-order valence-corrected chi connectivity index (χ2v) is 3.79. The Morgan fingerprint density at radius 1 is 1.29 bits per heavy atom. The van der Waals surface area contributed by atoms with E-state index in [9.17, 15) is 4.79 Å². The van der Waals surface area contributed by atoms with Crippen molar-refractivity contribution in [3.63, 3.8) is 0 Å². The fourth-order valence-electron chi connectivity index (χ4n) is 1.62. The zero-order chi connectivity index (χ0) is 12.1. The predicted molar refractivity (Wildman–Crippen MR) is 68.2 cm³/mol. The van der Waals surface area contributed by atoms with Crippen LogP contribution in [0.25, 0.3) is 0 Å². The molecule has 0 radical (unpaired) electrons. The first-order valence-electron chi connectivity index (χ1n) is 5.58. The van der Waals surface area contributed by atoms with E-state index in [0.717, 1.165) is 12.1 Å². The average molecular weight is 229 g/mol. The van der Waals surface area contributed by atoms with Gasteiger partial charge in [-0.25, -0.2) is 4.68 Å². The Hall–Kier alpha value is -2.10. The lowest BCUT2D eigenvalue weighted by Gasteiger charge is -2.05. The second-order valence-electron chi connectivity index (χ2n) is 3.79. The summed E-state index contributed by atoms with van der Waals surface area (Å²) in [4.78, 5) is 11.7. The quantitative estimate of drug-likeness (QED) is 0.864. The summed E-state index contributed by atoms with van der Waals surface area (Å²) in [5.74, 6) is 0. The van der Waals surface area contributed by atoms with Crippen LogP contribution in [0.2, 0.25) is 0 Å². The van der Waals surface area contributed by atoms with Crippen molar-refractivity contribution in [2.24, 2.45) is 0 Å². The third-order valence-electron chi connectivity index (χ3n) is 2.61. The van der Waals surface area contributed by atoms with Crippen molar-refractivity contribution in [2.45, 2.75) is 13.0 Å². The number of hydrogen-bond acceptors (Lipinski definition) is 3. The van der Waals surface area contributed by atoms with Gasteiger partial charge in [-0.05, 0) is 12.0 Å². The van der Waals surface area contributed by atoms with E-state index in [0.29, 0.717) is 6.54 Å². The van der Waals surface area contributed by atoms with Crippen LogP contribution in [0.3, 0.4) is 0 Å². The molecule has 1 aromatic carbocycles. The van der Waals surface area contributed by atoms with E-state index in [4.69, 9.17) is 0 Å². The van der Waals surface area contributed by atoms with Crippen molar-refractivity contribution in [2.75, 3.05) is 12.4 Å². The van der Waals surface area contributed by atoms with Crippen LogP contribution in [0.4, 0.5) is 5.69 Å². The highest BCUT2D eigenvalue weighted by Gasteiger charge is 1.99. The van der Waals surface area contributed by atoms with E-state index >= 15 is 0 Å². The zero-order valence-corrected chi connectivity index (χ0v) is 9.76. The van der Waals surface area contributed by atoms with Crippen LogP contribution in [-0.4, -0.2) is 16.8 Å². The molecule has 1 N–H and O–H groups in total. The van der Waals surface area contributed by atoms with Crippen LogP contribution < -0.4 is 10.9 Å². The average Bonchev–Trinajstić information content (AvgIpc) is 2.38. The molecule has 17 heavy (non-hydrogen) atoms. The van der Waals surface area contributed by atoms with Gasteiger partial charge < -0.3 is 5.32 Å². The summed E-state index contributed by atoms with van der Waals surface area (Å²) < 4.78 is 1.48. The Labute approximate surface area is 99.9 Å². The third-order valence-corrected chi connectivity index (χ3v) is 2.61. The fourth-order valence-corrected chi connectivity index (χ4v) is 1.62. The largest absolute Gasteiger partial charge is 0.387 e. The SMILES string of the molecule is CNc1cnn(CCc2ccccc2)c(=O)c1. The van der Waals surface area contributed by atoms with Crippen molar-refractivity contribution in [3.8, 4) is 0 Å². The van der Waals surface area contributed by atoms with Gasteiger partial charge >= 0.3 is 0 Å². The van der Waals surface area contributed by atoms with Crippen LogP contribution in [-0.2, 0) is 13.0 Å². The van der Waals surface area contributed by atoms with Crippen LogP contribution in [0, 0.1) is 0 Å². The molecule has 2 rings (SSSR count). The van der Waals surface area contributed by atoms with Gasteiger partial charge in [-0.15, -0.1) is 0 Å². The molecule has 0 aliphatic carbocycles. The van der Waals surface area contributed by atoms with Gasteiger partial charge in [-0.3, -0.25) is 4.79 Å². The summed E-state index contributed by atoms with van der Waals surface area (Å²) >= 11 is 0. The molecule has 4 nitrogen and oxygen atoms in total. The standard InChI is InChI=1S/C13H15N3O/c1-14-12-9-13(17)16(15-10-12)8-7-11-5-3-2-4-6-11/h2-6,9-10,14H,7-8H2,1H3. The molecule has 1 heterocycles. The third kappa shape index (κ3) is 2.93. The molecule has 4 heteroatoms. The lowest BCUT2D eigenvalue weighted by molar-refractivity contribution is 0.579. The summed E-state index contributed by atoms with van der Waals surface area (Å²) in [5, 5.41) is 7.00. The lowest BCUT2D eigenvalue weighted by atomic mass is 10.1. The number of nitrogens with zero attached hydrogens (tertiary/aromatic N) is 2. The van der Waals surface area contributed by atoms with Gasteiger partial charge in [0.2, 0.25) is 0 Å². The Balaban J connectivity index is 2.07.